The maximum atomic E-state index is 13.7. The third-order valence-corrected chi connectivity index (χ3v) is 6.92. The van der Waals surface area contributed by atoms with Crippen LogP contribution in [0.15, 0.2) is 18.5 Å². The zero-order valence-electron chi connectivity index (χ0n) is 20.3. The van der Waals surface area contributed by atoms with E-state index >= 15 is 0 Å². The Balaban J connectivity index is 1.79. The van der Waals surface area contributed by atoms with Crippen molar-refractivity contribution in [3.63, 3.8) is 0 Å². The van der Waals surface area contributed by atoms with Crippen LogP contribution in [-0.2, 0) is 24.1 Å². The molecule has 3 N–H and O–H groups in total. The molecule has 12 nitrogen and oxygen atoms in total. The van der Waals surface area contributed by atoms with Gasteiger partial charge in [-0.05, 0) is 32.4 Å². The lowest BCUT2D eigenvalue weighted by atomic mass is 10.0. The summed E-state index contributed by atoms with van der Waals surface area (Å²) < 4.78 is 44.0. The predicted octanol–water partition coefficient (Wildman–Crippen LogP) is 4.05. The monoisotopic (exact) mass is 550 g/mol. The Hall–Kier alpha value is -4.34. The Bertz CT molecular complexity index is 1590. The fourth-order valence-electron chi connectivity index (χ4n) is 4.00. The van der Waals surface area contributed by atoms with Gasteiger partial charge in [0.15, 0.2) is 0 Å². The maximum absolute atomic E-state index is 13.7. The van der Waals surface area contributed by atoms with Crippen molar-refractivity contribution in [2.75, 3.05) is 5.32 Å². The molecule has 4 heterocycles. The number of nitrogens with one attached hydrogen (secondary N) is 1. The zero-order valence-corrected chi connectivity index (χ0v) is 21.1. The highest BCUT2D eigenvalue weighted by atomic mass is 32.1. The van der Waals surface area contributed by atoms with Crippen molar-refractivity contribution >= 4 is 44.7 Å². The summed E-state index contributed by atoms with van der Waals surface area (Å²) in [5, 5.41) is 22.0. The normalized spacial score (nSPS) is 11.7. The van der Waals surface area contributed by atoms with Crippen LogP contribution in [0, 0.1) is 24.0 Å². The van der Waals surface area contributed by atoms with Gasteiger partial charge in [-0.2, -0.15) is 23.4 Å². The number of carbonyl (C=O) groups is 2. The summed E-state index contributed by atoms with van der Waals surface area (Å²) in [6.45, 7) is 5.41. The van der Waals surface area contributed by atoms with E-state index in [1.165, 1.54) is 24.0 Å². The van der Waals surface area contributed by atoms with E-state index in [9.17, 15) is 32.9 Å². The molecule has 0 aliphatic rings. The van der Waals surface area contributed by atoms with E-state index in [-0.39, 0.29) is 50.7 Å². The molecule has 0 aliphatic heterocycles. The molecule has 16 heteroatoms. The van der Waals surface area contributed by atoms with Crippen LogP contribution >= 0.6 is 11.3 Å². The SMILES string of the molecule is CCn1ncc(-c2cc(C(F)(F)F)nc3sc(C(N)=O)c(NC(=O)CCn4cc([N+](=O)[O-])c(C)n4)c23)c1C. The summed E-state index contributed by atoms with van der Waals surface area (Å²) in [6.07, 6.45) is -2.38. The number of halogens is 3. The summed E-state index contributed by atoms with van der Waals surface area (Å²) in [5.41, 5.74) is 5.27. The van der Waals surface area contributed by atoms with Crippen molar-refractivity contribution in [1.82, 2.24) is 24.5 Å². The van der Waals surface area contributed by atoms with Crippen LogP contribution in [0.4, 0.5) is 24.5 Å². The third kappa shape index (κ3) is 4.93. The minimum absolute atomic E-state index is 0.0276. The van der Waals surface area contributed by atoms with E-state index < -0.39 is 28.6 Å². The Labute approximate surface area is 216 Å². The first-order chi connectivity index (χ1) is 17.8. The summed E-state index contributed by atoms with van der Waals surface area (Å²) in [5.74, 6) is -1.57. The summed E-state index contributed by atoms with van der Waals surface area (Å²) in [4.78, 5) is 39.0. The van der Waals surface area contributed by atoms with Crippen LogP contribution in [0.1, 0.15) is 40.1 Å². The summed E-state index contributed by atoms with van der Waals surface area (Å²) >= 11 is 0.634. The fourth-order valence-corrected chi connectivity index (χ4v) is 5.00. The van der Waals surface area contributed by atoms with Crippen molar-refractivity contribution in [1.29, 1.82) is 0 Å². The standard InChI is InChI=1S/C22H21F3N8O4S/c1-4-32-11(3)13(8-27-32)12-7-15(22(23,24)25)28-21-17(12)18(19(38-21)20(26)35)29-16(34)5-6-31-9-14(33(36)37)10(2)30-31/h7-9H,4-6H2,1-3H3,(H2,26,35)(H,29,34). The Kier molecular flexibility index (Phi) is 6.92. The molecule has 0 atom stereocenters. The van der Waals surface area contributed by atoms with E-state index in [0.717, 1.165) is 6.07 Å². The molecular formula is C22H21F3N8O4S. The molecular weight excluding hydrogens is 529 g/mol. The number of carbonyl (C=O) groups excluding carboxylic acids is 2. The number of hydrogen-bond acceptors (Lipinski definition) is 8. The summed E-state index contributed by atoms with van der Waals surface area (Å²) in [6, 6.07) is 0.852. The number of nitro groups is 1. The van der Waals surface area contributed by atoms with Gasteiger partial charge in [0.05, 0.1) is 16.8 Å². The molecule has 0 unspecified atom stereocenters. The molecule has 200 valence electrons. The van der Waals surface area contributed by atoms with Gasteiger partial charge >= 0.3 is 11.9 Å². The van der Waals surface area contributed by atoms with Gasteiger partial charge in [-0.25, -0.2) is 4.98 Å². The molecule has 0 bridgehead atoms. The number of hydrogen-bond donors (Lipinski definition) is 2. The molecule has 4 rings (SSSR count). The Morgan fingerprint density at radius 3 is 2.53 bits per heavy atom. The number of fused-ring (bicyclic) bond motifs is 1. The van der Waals surface area contributed by atoms with Crippen LogP contribution in [0.5, 0.6) is 0 Å². The Morgan fingerprint density at radius 2 is 1.97 bits per heavy atom. The Morgan fingerprint density at radius 1 is 1.26 bits per heavy atom. The quantitative estimate of drug-likeness (QED) is 0.247. The van der Waals surface area contributed by atoms with E-state index in [0.29, 0.717) is 29.1 Å². The van der Waals surface area contributed by atoms with Crippen LogP contribution in [0.25, 0.3) is 21.3 Å². The minimum atomic E-state index is -4.78. The number of rotatable bonds is 8. The number of amides is 2. The van der Waals surface area contributed by atoms with Gasteiger partial charge in [0, 0.05) is 36.2 Å². The van der Waals surface area contributed by atoms with Gasteiger partial charge in [-0.15, -0.1) is 11.3 Å². The third-order valence-electron chi connectivity index (χ3n) is 5.82. The smallest absolute Gasteiger partial charge is 0.365 e. The van der Waals surface area contributed by atoms with Crippen LogP contribution in [-0.4, -0.2) is 41.3 Å². The van der Waals surface area contributed by atoms with Crippen molar-refractivity contribution in [3.05, 3.63) is 50.5 Å². The van der Waals surface area contributed by atoms with Gasteiger partial charge < -0.3 is 11.1 Å². The average Bonchev–Trinajstić information content (AvgIpc) is 3.51. The molecule has 4 aromatic heterocycles. The first-order valence-corrected chi connectivity index (χ1v) is 12.0. The predicted molar refractivity (Wildman–Crippen MR) is 132 cm³/mol. The highest BCUT2D eigenvalue weighted by Crippen LogP contribution is 2.44. The van der Waals surface area contributed by atoms with Crippen LogP contribution in [0.2, 0.25) is 0 Å². The molecule has 0 radical (unpaired) electrons. The first-order valence-electron chi connectivity index (χ1n) is 11.2. The number of anilines is 1. The van der Waals surface area contributed by atoms with E-state index in [2.05, 4.69) is 20.5 Å². The molecule has 0 fully saturated rings. The first kappa shape index (κ1) is 26.7. The fraction of sp³-hybridized carbons (Fsp3) is 0.318. The van der Waals surface area contributed by atoms with Gasteiger partial charge in [0.25, 0.3) is 5.91 Å². The second-order valence-corrected chi connectivity index (χ2v) is 9.28. The molecule has 4 aromatic rings. The second-order valence-electron chi connectivity index (χ2n) is 8.28. The number of aromatic nitrogens is 5. The maximum Gasteiger partial charge on any atom is 0.433 e. The van der Waals surface area contributed by atoms with Crippen molar-refractivity contribution < 1.29 is 27.7 Å². The highest BCUT2D eigenvalue weighted by molar-refractivity contribution is 7.21. The van der Waals surface area contributed by atoms with Crippen molar-refractivity contribution in [2.24, 2.45) is 5.73 Å². The number of aryl methyl sites for hydroxylation is 3. The van der Waals surface area contributed by atoms with Crippen molar-refractivity contribution in [2.45, 2.75) is 46.5 Å². The van der Waals surface area contributed by atoms with Crippen LogP contribution < -0.4 is 11.1 Å². The number of nitrogens with two attached hydrogens (primary N) is 1. The number of thiophene rings is 1. The van der Waals surface area contributed by atoms with Gasteiger partial charge in [-0.1, -0.05) is 0 Å². The minimum Gasteiger partial charge on any atom is -0.365 e. The molecule has 0 spiro atoms. The molecule has 0 aliphatic carbocycles. The molecule has 38 heavy (non-hydrogen) atoms. The number of pyridine rings is 1. The van der Waals surface area contributed by atoms with E-state index in [1.807, 2.05) is 6.92 Å². The number of alkyl halides is 3. The molecule has 0 saturated heterocycles. The zero-order chi connectivity index (χ0) is 27.9. The molecule has 2 amide bonds. The highest BCUT2D eigenvalue weighted by Gasteiger charge is 2.35. The van der Waals surface area contributed by atoms with Gasteiger partial charge in [-0.3, -0.25) is 29.1 Å². The summed E-state index contributed by atoms with van der Waals surface area (Å²) in [7, 11) is 0. The number of primary amides is 1. The van der Waals surface area contributed by atoms with E-state index in [4.69, 9.17) is 5.73 Å². The van der Waals surface area contributed by atoms with Gasteiger partial charge in [0.2, 0.25) is 5.91 Å². The second kappa shape index (κ2) is 9.85. The number of nitrogens with zero attached hydrogens (tertiary/aromatic N) is 6. The lowest BCUT2D eigenvalue weighted by Gasteiger charge is -2.12. The molecule has 0 saturated carbocycles. The lowest BCUT2D eigenvalue weighted by Crippen LogP contribution is -2.18. The van der Waals surface area contributed by atoms with Crippen LogP contribution in [0.3, 0.4) is 0 Å². The van der Waals surface area contributed by atoms with E-state index in [1.54, 1.807) is 11.6 Å². The topological polar surface area (TPSA) is 164 Å². The van der Waals surface area contributed by atoms with Crippen molar-refractivity contribution in [3.8, 4) is 11.1 Å². The lowest BCUT2D eigenvalue weighted by molar-refractivity contribution is -0.385. The largest absolute Gasteiger partial charge is 0.433 e. The molecule has 0 aromatic carbocycles. The average molecular weight is 551 g/mol. The van der Waals surface area contributed by atoms with Gasteiger partial charge in [0.1, 0.15) is 27.3 Å².